The molecule has 4 aromatic rings. The average Bonchev–Trinajstić information content (AvgIpc) is 3.17. The Morgan fingerprint density at radius 1 is 0.460 bits per heavy atom. The minimum absolute atomic E-state index is 0.234. The van der Waals surface area contributed by atoms with Gasteiger partial charge >= 0.3 is 12.1 Å². The highest BCUT2D eigenvalue weighted by Crippen LogP contribution is 2.10. The van der Waals surface area contributed by atoms with E-state index in [2.05, 4.69) is 10.6 Å². The zero-order chi connectivity index (χ0) is 35.6. The van der Waals surface area contributed by atoms with Crippen LogP contribution in [0.5, 0.6) is 0 Å². The van der Waals surface area contributed by atoms with E-state index in [9.17, 15) is 9.59 Å². The number of rotatable bonds is 11. The first kappa shape index (κ1) is 36.9. The molecule has 0 atom stereocenters. The maximum Gasteiger partial charge on any atom is 0.323 e. The molecule has 0 aromatic heterocycles. The van der Waals surface area contributed by atoms with Crippen molar-refractivity contribution in [3.05, 3.63) is 144 Å². The molecule has 0 aliphatic rings. The first-order valence-electron chi connectivity index (χ1n) is 17.1. The van der Waals surface area contributed by atoms with Crippen LogP contribution in [0.1, 0.15) is 49.9 Å². The van der Waals surface area contributed by atoms with Gasteiger partial charge in [-0.3, -0.25) is 20.6 Å². The lowest BCUT2D eigenvalue weighted by atomic mass is 10.2. The lowest BCUT2D eigenvalue weighted by Crippen LogP contribution is -2.43. The monoisotopic (exact) mass is 670 g/mol. The summed E-state index contributed by atoms with van der Waals surface area (Å²) in [6.45, 7) is 10.6. The third-order valence-electron chi connectivity index (χ3n) is 7.77. The Labute approximate surface area is 295 Å². The summed E-state index contributed by atoms with van der Waals surface area (Å²) in [4.78, 5) is 49.3. The third-order valence-corrected chi connectivity index (χ3v) is 7.77. The normalized spacial score (nSPS) is 12.3. The SMILES string of the molecule is CCN(CC)C(=O)NC(=NC(=NCCN=C(N=C(NC(=O)N(CC)CC)c1ccccc1)c1ccccc1)c1ccccc1)c1ccccc1. The molecule has 0 spiro atoms. The highest BCUT2D eigenvalue weighted by atomic mass is 16.2. The molecule has 0 heterocycles. The van der Waals surface area contributed by atoms with E-state index in [0.29, 0.717) is 49.5 Å². The molecule has 2 N–H and O–H groups in total. The lowest BCUT2D eigenvalue weighted by molar-refractivity contribution is 0.207. The zero-order valence-corrected chi connectivity index (χ0v) is 29.3. The number of carbonyl (C=O) groups is 2. The van der Waals surface area contributed by atoms with E-state index in [1.54, 1.807) is 9.80 Å². The number of carbonyl (C=O) groups excluding carboxylic acids is 2. The molecule has 0 aliphatic heterocycles. The van der Waals surface area contributed by atoms with Crippen molar-refractivity contribution in [2.75, 3.05) is 39.3 Å². The van der Waals surface area contributed by atoms with Crippen LogP contribution in [0.3, 0.4) is 0 Å². The fourth-order valence-electron chi connectivity index (χ4n) is 4.98. The summed E-state index contributed by atoms with van der Waals surface area (Å²) in [6, 6.07) is 37.9. The Morgan fingerprint density at radius 2 is 0.740 bits per heavy atom. The molecule has 4 amide bonds. The summed E-state index contributed by atoms with van der Waals surface area (Å²) in [7, 11) is 0. The third kappa shape index (κ3) is 10.8. The van der Waals surface area contributed by atoms with Gasteiger partial charge in [-0.15, -0.1) is 0 Å². The molecule has 0 fully saturated rings. The topological polar surface area (TPSA) is 114 Å². The fraction of sp³-hybridized carbons (Fsp3) is 0.250. The molecule has 0 unspecified atom stereocenters. The first-order chi connectivity index (χ1) is 24.5. The molecule has 4 rings (SSSR count). The Kier molecular flexibility index (Phi) is 14.6. The van der Waals surface area contributed by atoms with E-state index in [1.165, 1.54) is 0 Å². The summed E-state index contributed by atoms with van der Waals surface area (Å²) >= 11 is 0. The van der Waals surface area contributed by atoms with Crippen LogP contribution in [0.2, 0.25) is 0 Å². The van der Waals surface area contributed by atoms with Crippen LogP contribution in [0.15, 0.2) is 141 Å². The summed E-state index contributed by atoms with van der Waals surface area (Å²) < 4.78 is 0. The highest BCUT2D eigenvalue weighted by molar-refractivity contribution is 6.16. The van der Waals surface area contributed by atoms with E-state index in [-0.39, 0.29) is 25.2 Å². The summed E-state index contributed by atoms with van der Waals surface area (Å²) in [5, 5.41) is 6.01. The maximum absolute atomic E-state index is 13.1. The van der Waals surface area contributed by atoms with Gasteiger partial charge in [0, 0.05) is 48.4 Å². The quantitative estimate of drug-likeness (QED) is 0.103. The summed E-state index contributed by atoms with van der Waals surface area (Å²) in [5.41, 5.74) is 3.12. The van der Waals surface area contributed by atoms with Crippen LogP contribution in [-0.4, -0.2) is 84.5 Å². The summed E-state index contributed by atoms with van der Waals surface area (Å²) in [6.07, 6.45) is 0. The van der Waals surface area contributed by atoms with Gasteiger partial charge in [-0.05, 0) is 27.7 Å². The van der Waals surface area contributed by atoms with Crippen LogP contribution in [0.25, 0.3) is 0 Å². The molecule has 0 bridgehead atoms. The van der Waals surface area contributed by atoms with Gasteiger partial charge in [0.15, 0.2) is 11.7 Å². The van der Waals surface area contributed by atoms with Crippen molar-refractivity contribution in [1.82, 2.24) is 20.4 Å². The molecule has 0 saturated carbocycles. The molecule has 10 nitrogen and oxygen atoms in total. The number of benzene rings is 4. The average molecular weight is 671 g/mol. The number of aliphatic imine (C=N–C) groups is 4. The van der Waals surface area contributed by atoms with Crippen LogP contribution in [-0.2, 0) is 0 Å². The minimum Gasteiger partial charge on any atom is -0.325 e. The molecule has 4 aromatic carbocycles. The fourth-order valence-corrected chi connectivity index (χ4v) is 4.98. The Balaban J connectivity index is 1.72. The Bertz CT molecular complexity index is 1630. The predicted octanol–water partition coefficient (Wildman–Crippen LogP) is 6.88. The van der Waals surface area contributed by atoms with Crippen molar-refractivity contribution in [3.63, 3.8) is 0 Å². The standard InChI is InChI=1S/C40H46N8O2/c1-5-47(6-2)39(49)45-37(33-25-17-11-18-26-33)43-35(31-21-13-9-14-22-31)41-29-30-42-36(32-23-15-10-16-24-32)44-38(34-27-19-12-20-28-34)46-40(50)48(7-3)8-4/h9-28H,5-8,29-30H2,1-4H3,(H,41,43,45,49)(H,42,44,46,50). The number of urea groups is 2. The van der Waals surface area contributed by atoms with E-state index in [0.717, 1.165) is 22.3 Å². The van der Waals surface area contributed by atoms with Gasteiger partial charge in [-0.25, -0.2) is 19.6 Å². The second-order valence-corrected chi connectivity index (χ2v) is 11.0. The second-order valence-electron chi connectivity index (χ2n) is 11.0. The Hall–Kier alpha value is -5.90. The van der Waals surface area contributed by atoms with Crippen molar-refractivity contribution in [2.45, 2.75) is 27.7 Å². The van der Waals surface area contributed by atoms with Crippen LogP contribution in [0.4, 0.5) is 9.59 Å². The summed E-state index contributed by atoms with van der Waals surface area (Å²) in [5.74, 6) is 1.72. The van der Waals surface area contributed by atoms with Gasteiger partial charge < -0.3 is 9.80 Å². The van der Waals surface area contributed by atoms with E-state index in [4.69, 9.17) is 20.0 Å². The Morgan fingerprint density at radius 3 is 1.02 bits per heavy atom. The molecular weight excluding hydrogens is 624 g/mol. The maximum atomic E-state index is 13.1. The number of amides is 4. The van der Waals surface area contributed by atoms with Gasteiger partial charge in [0.05, 0.1) is 13.1 Å². The highest BCUT2D eigenvalue weighted by Gasteiger charge is 2.17. The largest absolute Gasteiger partial charge is 0.325 e. The van der Waals surface area contributed by atoms with Crippen molar-refractivity contribution in [3.8, 4) is 0 Å². The van der Waals surface area contributed by atoms with Gasteiger partial charge in [-0.2, -0.15) is 0 Å². The van der Waals surface area contributed by atoms with Crippen molar-refractivity contribution in [1.29, 1.82) is 0 Å². The molecule has 50 heavy (non-hydrogen) atoms. The number of amidine groups is 4. The van der Waals surface area contributed by atoms with Crippen molar-refractivity contribution >= 4 is 35.4 Å². The number of hydrogen-bond acceptors (Lipinski definition) is 4. The van der Waals surface area contributed by atoms with Crippen molar-refractivity contribution < 1.29 is 9.59 Å². The van der Waals surface area contributed by atoms with E-state index in [1.807, 2.05) is 149 Å². The number of nitrogens with zero attached hydrogens (tertiary/aromatic N) is 6. The predicted molar refractivity (Wildman–Crippen MR) is 205 cm³/mol. The lowest BCUT2D eigenvalue weighted by Gasteiger charge is -2.20. The smallest absolute Gasteiger partial charge is 0.323 e. The van der Waals surface area contributed by atoms with Gasteiger partial charge in [0.1, 0.15) is 11.7 Å². The number of hydrogen-bond donors (Lipinski definition) is 2. The molecule has 10 heteroatoms. The molecular formula is C40H46N8O2. The second kappa shape index (κ2) is 19.8. The van der Waals surface area contributed by atoms with E-state index < -0.39 is 0 Å². The zero-order valence-electron chi connectivity index (χ0n) is 29.3. The first-order valence-corrected chi connectivity index (χ1v) is 17.1. The molecule has 0 radical (unpaired) electrons. The molecule has 0 aliphatic carbocycles. The van der Waals surface area contributed by atoms with E-state index >= 15 is 0 Å². The minimum atomic E-state index is -0.234. The van der Waals surface area contributed by atoms with Crippen LogP contribution >= 0.6 is 0 Å². The van der Waals surface area contributed by atoms with Gasteiger partial charge in [0.25, 0.3) is 0 Å². The van der Waals surface area contributed by atoms with Crippen LogP contribution < -0.4 is 10.6 Å². The molecule has 258 valence electrons. The van der Waals surface area contributed by atoms with Crippen molar-refractivity contribution in [2.24, 2.45) is 20.0 Å². The molecule has 0 saturated heterocycles. The van der Waals surface area contributed by atoms with Crippen LogP contribution in [0, 0.1) is 0 Å². The van der Waals surface area contributed by atoms with Gasteiger partial charge in [-0.1, -0.05) is 121 Å². The van der Waals surface area contributed by atoms with Gasteiger partial charge in [0.2, 0.25) is 0 Å². The number of nitrogens with one attached hydrogen (secondary N) is 2.